The van der Waals surface area contributed by atoms with E-state index in [-0.39, 0.29) is 30.2 Å². The minimum atomic E-state index is -3.68. The smallest absolute Gasteiger partial charge is 0.328 e. The SMILES string of the molecule is Cn1c(=O)n(C)c2cc(S(=O)(=O)N3CCC(O)(CN)CC3)ccc21. The van der Waals surface area contributed by atoms with E-state index >= 15 is 0 Å². The lowest BCUT2D eigenvalue weighted by Gasteiger charge is -2.36. The molecule has 24 heavy (non-hydrogen) atoms. The third kappa shape index (κ3) is 2.57. The zero-order valence-electron chi connectivity index (χ0n) is 13.8. The summed E-state index contributed by atoms with van der Waals surface area (Å²) in [7, 11) is -0.411. The molecule has 8 nitrogen and oxygen atoms in total. The number of aliphatic hydroxyl groups is 1. The monoisotopic (exact) mass is 354 g/mol. The maximum Gasteiger partial charge on any atom is 0.328 e. The van der Waals surface area contributed by atoms with Gasteiger partial charge in [-0.25, -0.2) is 13.2 Å². The normalized spacial score (nSPS) is 19.0. The Morgan fingerprint density at radius 3 is 2.33 bits per heavy atom. The van der Waals surface area contributed by atoms with Crippen LogP contribution < -0.4 is 11.4 Å². The first-order chi connectivity index (χ1) is 11.2. The maximum atomic E-state index is 12.9. The van der Waals surface area contributed by atoms with E-state index in [2.05, 4.69) is 0 Å². The van der Waals surface area contributed by atoms with Crippen molar-refractivity contribution in [1.29, 1.82) is 0 Å². The topological polar surface area (TPSA) is 111 Å². The number of nitrogens with two attached hydrogens (primary N) is 1. The molecule has 0 unspecified atom stereocenters. The number of nitrogens with zero attached hydrogens (tertiary/aromatic N) is 3. The summed E-state index contributed by atoms with van der Waals surface area (Å²) in [4.78, 5) is 12.1. The third-order valence-corrected chi connectivity index (χ3v) is 6.81. The lowest BCUT2D eigenvalue weighted by atomic mass is 9.93. The van der Waals surface area contributed by atoms with Crippen LogP contribution in [-0.4, -0.2) is 52.2 Å². The van der Waals surface area contributed by atoms with Gasteiger partial charge in [-0.05, 0) is 31.0 Å². The van der Waals surface area contributed by atoms with E-state index in [9.17, 15) is 18.3 Å². The molecule has 9 heteroatoms. The fourth-order valence-corrected chi connectivity index (χ4v) is 4.61. The summed E-state index contributed by atoms with van der Waals surface area (Å²) >= 11 is 0. The number of benzene rings is 1. The Hall–Kier alpha value is -1.68. The summed E-state index contributed by atoms with van der Waals surface area (Å²) in [6, 6.07) is 4.68. The molecule has 1 aliphatic rings. The molecule has 0 amide bonds. The van der Waals surface area contributed by atoms with Crippen molar-refractivity contribution in [1.82, 2.24) is 13.4 Å². The van der Waals surface area contributed by atoms with E-state index in [1.165, 1.54) is 25.6 Å². The summed E-state index contributed by atoms with van der Waals surface area (Å²) in [6.07, 6.45) is 0.629. The van der Waals surface area contributed by atoms with Crippen LogP contribution in [0.4, 0.5) is 0 Å². The largest absolute Gasteiger partial charge is 0.388 e. The zero-order valence-corrected chi connectivity index (χ0v) is 14.6. The van der Waals surface area contributed by atoms with Gasteiger partial charge in [0, 0.05) is 33.7 Å². The summed E-state index contributed by atoms with van der Waals surface area (Å²) in [5.74, 6) is 0. The van der Waals surface area contributed by atoms with Gasteiger partial charge in [-0.1, -0.05) is 0 Å². The van der Waals surface area contributed by atoms with Crippen molar-refractivity contribution < 1.29 is 13.5 Å². The van der Waals surface area contributed by atoms with E-state index in [0.717, 1.165) is 0 Å². The van der Waals surface area contributed by atoms with Gasteiger partial charge in [0.2, 0.25) is 10.0 Å². The van der Waals surface area contributed by atoms with Crippen molar-refractivity contribution in [3.8, 4) is 0 Å². The fraction of sp³-hybridized carbons (Fsp3) is 0.533. The minimum absolute atomic E-state index is 0.124. The third-order valence-electron chi connectivity index (χ3n) is 4.91. The van der Waals surface area contributed by atoms with Crippen LogP contribution in [0.5, 0.6) is 0 Å². The van der Waals surface area contributed by atoms with E-state index in [1.807, 2.05) is 0 Å². The van der Waals surface area contributed by atoms with Crippen molar-refractivity contribution in [3.05, 3.63) is 28.7 Å². The van der Waals surface area contributed by atoms with Crippen LogP contribution in [0.2, 0.25) is 0 Å². The number of hydrogen-bond donors (Lipinski definition) is 2. The van der Waals surface area contributed by atoms with Crippen LogP contribution in [0.3, 0.4) is 0 Å². The number of rotatable bonds is 3. The Labute approximate surface area is 140 Å². The molecule has 2 aromatic rings. The second-order valence-corrected chi connectivity index (χ2v) is 8.32. The highest BCUT2D eigenvalue weighted by Gasteiger charge is 2.36. The maximum absolute atomic E-state index is 12.9. The molecule has 0 aliphatic carbocycles. The van der Waals surface area contributed by atoms with Gasteiger partial charge in [-0.3, -0.25) is 9.13 Å². The molecule has 2 heterocycles. The second-order valence-electron chi connectivity index (χ2n) is 6.38. The Morgan fingerprint density at radius 2 is 1.75 bits per heavy atom. The standard InChI is InChI=1S/C15H22N4O4S/c1-17-12-4-3-11(9-13(12)18(2)14(17)20)24(22,23)19-7-5-15(21,10-16)6-8-19/h3-4,9,21H,5-8,10,16H2,1-2H3. The first-order valence-corrected chi connectivity index (χ1v) is 9.22. The van der Waals surface area contributed by atoms with Crippen LogP contribution in [-0.2, 0) is 24.1 Å². The lowest BCUT2D eigenvalue weighted by Crippen LogP contribution is -2.50. The molecule has 1 aromatic carbocycles. The van der Waals surface area contributed by atoms with Crippen LogP contribution in [0.15, 0.2) is 27.9 Å². The second kappa shape index (κ2) is 5.69. The van der Waals surface area contributed by atoms with Crippen molar-refractivity contribution in [2.24, 2.45) is 19.8 Å². The van der Waals surface area contributed by atoms with Crippen molar-refractivity contribution in [3.63, 3.8) is 0 Å². The zero-order chi connectivity index (χ0) is 17.7. The lowest BCUT2D eigenvalue weighted by molar-refractivity contribution is 0.00344. The minimum Gasteiger partial charge on any atom is -0.388 e. The number of aryl methyl sites for hydroxylation is 2. The summed E-state index contributed by atoms with van der Waals surface area (Å²) < 4.78 is 30.0. The number of sulfonamides is 1. The molecule has 1 saturated heterocycles. The van der Waals surface area contributed by atoms with Gasteiger partial charge >= 0.3 is 5.69 Å². The molecule has 3 N–H and O–H groups in total. The van der Waals surface area contributed by atoms with Gasteiger partial charge < -0.3 is 10.8 Å². The van der Waals surface area contributed by atoms with E-state index in [0.29, 0.717) is 23.9 Å². The van der Waals surface area contributed by atoms with Crippen LogP contribution in [0.1, 0.15) is 12.8 Å². The first kappa shape index (κ1) is 17.2. The van der Waals surface area contributed by atoms with Gasteiger partial charge in [0.05, 0.1) is 21.5 Å². The number of aromatic nitrogens is 2. The Morgan fingerprint density at radius 1 is 1.17 bits per heavy atom. The summed E-state index contributed by atoms with van der Waals surface area (Å²) in [5, 5.41) is 10.2. The van der Waals surface area contributed by atoms with Crippen molar-refractivity contribution in [2.45, 2.75) is 23.3 Å². The molecular formula is C15H22N4O4S. The average Bonchev–Trinajstić information content (AvgIpc) is 2.79. The van der Waals surface area contributed by atoms with Gasteiger partial charge in [-0.15, -0.1) is 0 Å². The number of hydrogen-bond acceptors (Lipinski definition) is 5. The van der Waals surface area contributed by atoms with Crippen LogP contribution in [0, 0.1) is 0 Å². The van der Waals surface area contributed by atoms with E-state index < -0.39 is 15.6 Å². The Kier molecular flexibility index (Phi) is 4.07. The summed E-state index contributed by atoms with van der Waals surface area (Å²) in [5.41, 5.74) is 5.60. The molecule has 0 spiro atoms. The summed E-state index contributed by atoms with van der Waals surface area (Å²) in [6.45, 7) is 0.572. The Bertz CT molecular complexity index is 936. The molecule has 0 radical (unpaired) electrons. The van der Waals surface area contributed by atoms with Gasteiger partial charge in [-0.2, -0.15) is 4.31 Å². The molecule has 132 valence electrons. The van der Waals surface area contributed by atoms with Gasteiger partial charge in [0.25, 0.3) is 0 Å². The number of piperidine rings is 1. The van der Waals surface area contributed by atoms with Gasteiger partial charge in [0.15, 0.2) is 0 Å². The van der Waals surface area contributed by atoms with Crippen LogP contribution in [0.25, 0.3) is 11.0 Å². The van der Waals surface area contributed by atoms with Crippen molar-refractivity contribution in [2.75, 3.05) is 19.6 Å². The molecular weight excluding hydrogens is 332 g/mol. The van der Waals surface area contributed by atoms with Crippen molar-refractivity contribution >= 4 is 21.1 Å². The molecule has 1 aromatic heterocycles. The van der Waals surface area contributed by atoms with E-state index in [1.54, 1.807) is 20.2 Å². The predicted octanol–water partition coefficient (Wildman–Crippen LogP) is -0.649. The fourth-order valence-electron chi connectivity index (χ4n) is 3.14. The molecule has 1 fully saturated rings. The van der Waals surface area contributed by atoms with Gasteiger partial charge in [0.1, 0.15) is 0 Å². The quantitative estimate of drug-likeness (QED) is 0.761. The van der Waals surface area contributed by atoms with Crippen LogP contribution >= 0.6 is 0 Å². The molecule has 0 atom stereocenters. The highest BCUT2D eigenvalue weighted by atomic mass is 32.2. The first-order valence-electron chi connectivity index (χ1n) is 7.78. The molecule has 0 bridgehead atoms. The molecule has 3 rings (SSSR count). The Balaban J connectivity index is 1.98. The predicted molar refractivity (Wildman–Crippen MR) is 90.2 cm³/mol. The average molecular weight is 354 g/mol. The highest BCUT2D eigenvalue weighted by Crippen LogP contribution is 2.27. The highest BCUT2D eigenvalue weighted by molar-refractivity contribution is 7.89. The number of imidazole rings is 1. The molecule has 1 aliphatic heterocycles. The molecule has 0 saturated carbocycles. The van der Waals surface area contributed by atoms with E-state index in [4.69, 9.17) is 5.73 Å². The number of fused-ring (bicyclic) bond motifs is 1.